The molecule has 0 bridgehead atoms. The molecule has 0 fully saturated rings. The quantitative estimate of drug-likeness (QED) is 0.603. The van der Waals surface area contributed by atoms with Crippen LogP contribution in [0.2, 0.25) is 5.02 Å². The van der Waals surface area contributed by atoms with Crippen LogP contribution >= 0.6 is 22.9 Å². The highest BCUT2D eigenvalue weighted by molar-refractivity contribution is 7.92. The lowest BCUT2D eigenvalue weighted by molar-refractivity contribution is 0.0936. The number of hydrogen-bond donors (Lipinski definition) is 2. The number of sulfonamides is 1. The van der Waals surface area contributed by atoms with Crippen molar-refractivity contribution in [3.8, 4) is 10.6 Å². The Morgan fingerprint density at radius 1 is 1.18 bits per heavy atom. The van der Waals surface area contributed by atoms with Crippen LogP contribution in [0.15, 0.2) is 53.9 Å². The fourth-order valence-corrected chi connectivity index (χ4v) is 4.22. The molecule has 6 nitrogen and oxygen atoms in total. The summed E-state index contributed by atoms with van der Waals surface area (Å²) in [4.78, 5) is 17.0. The molecule has 1 aromatic heterocycles. The van der Waals surface area contributed by atoms with Crippen LogP contribution in [0.3, 0.4) is 0 Å². The van der Waals surface area contributed by atoms with Gasteiger partial charge in [-0.15, -0.1) is 11.3 Å². The normalized spacial score (nSPS) is 12.4. The summed E-state index contributed by atoms with van der Waals surface area (Å²) in [5, 5.41) is 5.83. The van der Waals surface area contributed by atoms with Crippen molar-refractivity contribution in [3.05, 3.63) is 70.2 Å². The van der Waals surface area contributed by atoms with Crippen LogP contribution in [-0.2, 0) is 10.0 Å². The zero-order valence-corrected chi connectivity index (χ0v) is 17.5. The highest BCUT2D eigenvalue weighted by atomic mass is 35.5. The third kappa shape index (κ3) is 5.09. The van der Waals surface area contributed by atoms with Gasteiger partial charge in [-0.2, -0.15) is 0 Å². The van der Waals surface area contributed by atoms with Crippen LogP contribution in [0, 0.1) is 0 Å². The summed E-state index contributed by atoms with van der Waals surface area (Å²) in [7, 11) is -3.43. The molecule has 1 unspecified atom stereocenters. The summed E-state index contributed by atoms with van der Waals surface area (Å²) in [6.07, 6.45) is 1.08. The number of thiazole rings is 1. The number of carbonyl (C=O) groups excluding carboxylic acids is 1. The van der Waals surface area contributed by atoms with Gasteiger partial charge in [-0.05, 0) is 30.7 Å². The molecule has 0 spiro atoms. The molecule has 146 valence electrons. The molecule has 3 rings (SSSR count). The van der Waals surface area contributed by atoms with Gasteiger partial charge in [0.15, 0.2) is 0 Å². The van der Waals surface area contributed by atoms with E-state index in [1.165, 1.54) is 11.3 Å². The Kier molecular flexibility index (Phi) is 6.02. The zero-order valence-electron chi connectivity index (χ0n) is 15.1. The van der Waals surface area contributed by atoms with Crippen molar-refractivity contribution in [2.24, 2.45) is 0 Å². The molecular formula is C19H18ClN3O3S2. The largest absolute Gasteiger partial charge is 0.344 e. The topological polar surface area (TPSA) is 88.2 Å². The Labute approximate surface area is 172 Å². The number of nitrogens with one attached hydrogen (secondary N) is 2. The predicted octanol–water partition coefficient (Wildman–Crippen LogP) is 4.33. The molecule has 9 heteroatoms. The van der Waals surface area contributed by atoms with Gasteiger partial charge in [0.2, 0.25) is 10.0 Å². The SMILES string of the molecule is CC(NC(=O)c1csc(-c2cccc(Cl)c2)n1)c1ccccc1NS(C)(=O)=O. The first-order chi connectivity index (χ1) is 13.2. The number of nitrogens with zero attached hydrogens (tertiary/aromatic N) is 1. The van der Waals surface area contributed by atoms with Gasteiger partial charge in [0.05, 0.1) is 18.0 Å². The fraction of sp³-hybridized carbons (Fsp3) is 0.158. The lowest BCUT2D eigenvalue weighted by atomic mass is 10.1. The number of hydrogen-bond acceptors (Lipinski definition) is 5. The number of halogens is 1. The van der Waals surface area contributed by atoms with Gasteiger partial charge in [0.25, 0.3) is 5.91 Å². The first-order valence-corrected chi connectivity index (χ1v) is 11.5. The third-order valence-corrected chi connectivity index (χ3v) is 5.60. The average Bonchev–Trinajstić information content (AvgIpc) is 3.11. The maximum atomic E-state index is 12.6. The lowest BCUT2D eigenvalue weighted by Gasteiger charge is -2.18. The number of amides is 1. The summed E-state index contributed by atoms with van der Waals surface area (Å²) in [6, 6.07) is 13.8. The minimum absolute atomic E-state index is 0.292. The predicted molar refractivity (Wildman–Crippen MR) is 113 cm³/mol. The Bertz CT molecular complexity index is 1110. The van der Waals surface area contributed by atoms with E-state index in [1.54, 1.807) is 48.7 Å². The molecule has 0 aliphatic rings. The van der Waals surface area contributed by atoms with E-state index in [0.717, 1.165) is 11.8 Å². The molecule has 0 saturated heterocycles. The molecule has 1 amide bonds. The molecule has 0 aliphatic carbocycles. The number of anilines is 1. The molecular weight excluding hydrogens is 418 g/mol. The minimum atomic E-state index is -3.43. The Morgan fingerprint density at radius 2 is 1.93 bits per heavy atom. The van der Waals surface area contributed by atoms with E-state index >= 15 is 0 Å². The van der Waals surface area contributed by atoms with Gasteiger partial charge in [0, 0.05) is 16.0 Å². The van der Waals surface area contributed by atoms with Crippen molar-refractivity contribution in [2.45, 2.75) is 13.0 Å². The minimum Gasteiger partial charge on any atom is -0.344 e. The number of aromatic nitrogens is 1. The van der Waals surface area contributed by atoms with Gasteiger partial charge in [-0.3, -0.25) is 9.52 Å². The van der Waals surface area contributed by atoms with E-state index in [9.17, 15) is 13.2 Å². The second-order valence-corrected chi connectivity index (χ2v) is 9.25. The Hall–Kier alpha value is -2.42. The van der Waals surface area contributed by atoms with Crippen molar-refractivity contribution in [2.75, 3.05) is 11.0 Å². The standard InChI is InChI=1S/C19H18ClN3O3S2/c1-12(15-8-3-4-9-16(15)23-28(2,25)26)21-18(24)17-11-27-19(22-17)13-6-5-7-14(20)10-13/h3-12,23H,1-2H3,(H,21,24). The Balaban J connectivity index is 1.77. The molecule has 1 heterocycles. The molecule has 2 N–H and O–H groups in total. The summed E-state index contributed by atoms with van der Waals surface area (Å²) in [5.74, 6) is -0.341. The molecule has 3 aromatic rings. The summed E-state index contributed by atoms with van der Waals surface area (Å²) < 4.78 is 25.6. The molecule has 1 atom stereocenters. The van der Waals surface area contributed by atoms with Crippen LogP contribution in [0.1, 0.15) is 29.0 Å². The number of carbonyl (C=O) groups is 1. The van der Waals surface area contributed by atoms with E-state index in [1.807, 2.05) is 12.1 Å². The maximum absolute atomic E-state index is 12.6. The van der Waals surface area contributed by atoms with E-state index in [4.69, 9.17) is 11.6 Å². The van der Waals surface area contributed by atoms with E-state index in [-0.39, 0.29) is 5.91 Å². The van der Waals surface area contributed by atoms with Crippen LogP contribution < -0.4 is 10.0 Å². The summed E-state index contributed by atoms with van der Waals surface area (Å²) in [6.45, 7) is 1.78. The monoisotopic (exact) mass is 435 g/mol. The van der Waals surface area contributed by atoms with Gasteiger partial charge in [-0.1, -0.05) is 41.9 Å². The van der Waals surface area contributed by atoms with Gasteiger partial charge >= 0.3 is 0 Å². The Morgan fingerprint density at radius 3 is 2.64 bits per heavy atom. The zero-order chi connectivity index (χ0) is 20.3. The van der Waals surface area contributed by atoms with Gasteiger partial charge < -0.3 is 5.32 Å². The lowest BCUT2D eigenvalue weighted by Crippen LogP contribution is -2.27. The highest BCUT2D eigenvalue weighted by Crippen LogP contribution is 2.27. The summed E-state index contributed by atoms with van der Waals surface area (Å²) >= 11 is 7.36. The maximum Gasteiger partial charge on any atom is 0.271 e. The number of rotatable bonds is 6. The van der Waals surface area contributed by atoms with Crippen LogP contribution in [0.5, 0.6) is 0 Å². The van der Waals surface area contributed by atoms with Crippen molar-refractivity contribution in [1.82, 2.24) is 10.3 Å². The second kappa shape index (κ2) is 8.30. The van der Waals surface area contributed by atoms with Crippen molar-refractivity contribution < 1.29 is 13.2 Å². The van der Waals surface area contributed by atoms with Crippen molar-refractivity contribution in [1.29, 1.82) is 0 Å². The fourth-order valence-electron chi connectivity index (χ4n) is 2.65. The molecule has 28 heavy (non-hydrogen) atoms. The van der Waals surface area contributed by atoms with Gasteiger partial charge in [-0.25, -0.2) is 13.4 Å². The van der Waals surface area contributed by atoms with Crippen molar-refractivity contribution in [3.63, 3.8) is 0 Å². The first-order valence-electron chi connectivity index (χ1n) is 8.32. The number of benzene rings is 2. The molecule has 0 aliphatic heterocycles. The van der Waals surface area contributed by atoms with Crippen LogP contribution in [0.4, 0.5) is 5.69 Å². The smallest absolute Gasteiger partial charge is 0.271 e. The van der Waals surface area contributed by atoms with E-state index in [2.05, 4.69) is 15.0 Å². The second-order valence-electron chi connectivity index (χ2n) is 6.20. The van der Waals surface area contributed by atoms with E-state index in [0.29, 0.717) is 27.0 Å². The van der Waals surface area contributed by atoms with Crippen molar-refractivity contribution >= 4 is 44.6 Å². The highest BCUT2D eigenvalue weighted by Gasteiger charge is 2.18. The van der Waals surface area contributed by atoms with E-state index < -0.39 is 16.1 Å². The molecule has 2 aromatic carbocycles. The van der Waals surface area contributed by atoms with Gasteiger partial charge in [0.1, 0.15) is 10.7 Å². The number of para-hydroxylation sites is 1. The molecule has 0 saturated carbocycles. The van der Waals surface area contributed by atoms with Crippen LogP contribution in [-0.4, -0.2) is 25.6 Å². The van der Waals surface area contributed by atoms with Crippen LogP contribution in [0.25, 0.3) is 10.6 Å². The summed E-state index contributed by atoms with van der Waals surface area (Å²) in [5.41, 5.74) is 2.22. The average molecular weight is 436 g/mol. The third-order valence-electron chi connectivity index (χ3n) is 3.88. The first kappa shape index (κ1) is 20.3. The molecule has 0 radical (unpaired) electrons.